The molecular weight excluding hydrogens is 360 g/mol. The van der Waals surface area contributed by atoms with Crippen LogP contribution in [-0.2, 0) is 9.84 Å². The third kappa shape index (κ3) is 4.58. The van der Waals surface area contributed by atoms with Gasteiger partial charge in [0.15, 0.2) is 9.84 Å². The van der Waals surface area contributed by atoms with Crippen LogP contribution in [0.4, 0.5) is 17.5 Å². The van der Waals surface area contributed by atoms with Crippen LogP contribution in [0, 0.1) is 6.92 Å². The number of aryl methyl sites for hydroxylation is 1. The summed E-state index contributed by atoms with van der Waals surface area (Å²) in [7, 11) is -2.94. The van der Waals surface area contributed by atoms with Crippen molar-refractivity contribution in [2.75, 3.05) is 28.3 Å². The van der Waals surface area contributed by atoms with Gasteiger partial charge in [-0.1, -0.05) is 32.0 Å². The number of aromatic nitrogens is 2. The van der Waals surface area contributed by atoms with Gasteiger partial charge < -0.3 is 10.2 Å². The summed E-state index contributed by atoms with van der Waals surface area (Å²) >= 11 is 0. The minimum atomic E-state index is -2.94. The van der Waals surface area contributed by atoms with Crippen LogP contribution >= 0.6 is 0 Å². The smallest absolute Gasteiger partial charge is 0.229 e. The van der Waals surface area contributed by atoms with Crippen LogP contribution in [0.1, 0.15) is 44.4 Å². The molecule has 1 unspecified atom stereocenters. The molecule has 2 aromatic rings. The second-order valence-corrected chi connectivity index (χ2v) is 9.63. The fourth-order valence-corrected chi connectivity index (χ4v) is 5.35. The van der Waals surface area contributed by atoms with Gasteiger partial charge in [0.1, 0.15) is 5.82 Å². The van der Waals surface area contributed by atoms with Gasteiger partial charge in [-0.25, -0.2) is 13.4 Å². The number of nitrogens with zero attached hydrogens (tertiary/aromatic N) is 3. The third-order valence-electron chi connectivity index (χ3n) is 4.95. The van der Waals surface area contributed by atoms with E-state index in [1.165, 1.54) is 5.56 Å². The number of sulfone groups is 1. The number of anilines is 3. The monoisotopic (exact) mass is 388 g/mol. The molecular formula is C20H28N4O2S. The molecule has 0 amide bonds. The average Bonchev–Trinajstić information content (AvgIpc) is 2.95. The van der Waals surface area contributed by atoms with E-state index in [1.54, 1.807) is 0 Å². The molecule has 1 aromatic carbocycles. The van der Waals surface area contributed by atoms with Crippen LogP contribution in [0.25, 0.3) is 0 Å². The molecule has 0 bridgehead atoms. The highest BCUT2D eigenvalue weighted by molar-refractivity contribution is 7.91. The highest BCUT2D eigenvalue weighted by Gasteiger charge is 2.32. The van der Waals surface area contributed by atoms with Gasteiger partial charge in [0.25, 0.3) is 0 Å². The predicted molar refractivity (Wildman–Crippen MR) is 111 cm³/mol. The van der Waals surface area contributed by atoms with E-state index in [4.69, 9.17) is 4.98 Å². The van der Waals surface area contributed by atoms with Gasteiger partial charge in [-0.15, -0.1) is 0 Å². The summed E-state index contributed by atoms with van der Waals surface area (Å²) in [5.74, 6) is 2.15. The first-order valence-electron chi connectivity index (χ1n) is 9.47. The lowest BCUT2D eigenvalue weighted by atomic mass is 10.0. The van der Waals surface area contributed by atoms with Crippen molar-refractivity contribution in [3.63, 3.8) is 0 Å². The van der Waals surface area contributed by atoms with E-state index in [0.717, 1.165) is 17.2 Å². The van der Waals surface area contributed by atoms with Crippen LogP contribution in [0.5, 0.6) is 0 Å². The Morgan fingerprint density at radius 3 is 2.63 bits per heavy atom. The zero-order valence-corrected chi connectivity index (χ0v) is 17.3. The maximum atomic E-state index is 11.9. The SMILES string of the molecule is CCN(c1cc(C)nc(Nc2ccccc2C(C)C)n1)C1CCS(=O)(=O)C1. The van der Waals surface area contributed by atoms with Crippen LogP contribution in [0.3, 0.4) is 0 Å². The fourth-order valence-electron chi connectivity index (χ4n) is 3.62. The maximum absolute atomic E-state index is 11.9. The van der Waals surface area contributed by atoms with Crippen molar-refractivity contribution in [3.05, 3.63) is 41.6 Å². The molecule has 6 nitrogen and oxygen atoms in total. The molecule has 1 N–H and O–H groups in total. The Kier molecular flexibility index (Phi) is 5.69. The molecule has 0 aliphatic carbocycles. The van der Waals surface area contributed by atoms with Crippen molar-refractivity contribution in [1.29, 1.82) is 0 Å². The predicted octanol–water partition coefficient (Wildman–Crippen LogP) is 3.67. The lowest BCUT2D eigenvalue weighted by Crippen LogP contribution is -2.37. The normalized spacial score (nSPS) is 18.6. The molecule has 1 aromatic heterocycles. The Balaban J connectivity index is 1.90. The first-order valence-corrected chi connectivity index (χ1v) is 11.3. The van der Waals surface area contributed by atoms with E-state index in [1.807, 2.05) is 38.1 Å². The maximum Gasteiger partial charge on any atom is 0.229 e. The quantitative estimate of drug-likeness (QED) is 0.814. The Labute approximate surface area is 162 Å². The summed E-state index contributed by atoms with van der Waals surface area (Å²) in [4.78, 5) is 11.3. The number of nitrogens with one attached hydrogen (secondary N) is 1. The molecule has 1 atom stereocenters. The zero-order valence-electron chi connectivity index (χ0n) is 16.4. The van der Waals surface area contributed by atoms with E-state index < -0.39 is 9.84 Å². The molecule has 7 heteroatoms. The summed E-state index contributed by atoms with van der Waals surface area (Å²) < 4.78 is 23.8. The first-order chi connectivity index (χ1) is 12.8. The van der Waals surface area contributed by atoms with Crippen LogP contribution in [-0.4, -0.2) is 42.5 Å². The lowest BCUT2D eigenvalue weighted by molar-refractivity contribution is 0.599. The molecule has 1 fully saturated rings. The summed E-state index contributed by atoms with van der Waals surface area (Å²) in [5, 5.41) is 3.35. The second-order valence-electron chi connectivity index (χ2n) is 7.40. The van der Waals surface area contributed by atoms with E-state index in [9.17, 15) is 8.42 Å². The number of benzene rings is 1. The summed E-state index contributed by atoms with van der Waals surface area (Å²) in [6, 6.07) is 10.1. The van der Waals surface area contributed by atoms with Crippen molar-refractivity contribution >= 4 is 27.3 Å². The van der Waals surface area contributed by atoms with Gasteiger partial charge in [-0.05, 0) is 37.8 Å². The molecule has 3 rings (SSSR count). The largest absolute Gasteiger partial charge is 0.353 e. The lowest BCUT2D eigenvalue weighted by Gasteiger charge is -2.28. The summed E-state index contributed by atoms with van der Waals surface area (Å²) in [6.45, 7) is 8.98. The molecule has 2 heterocycles. The number of rotatable bonds is 6. The van der Waals surface area contributed by atoms with Crippen LogP contribution < -0.4 is 10.2 Å². The molecule has 146 valence electrons. The van der Waals surface area contributed by atoms with Crippen molar-refractivity contribution < 1.29 is 8.42 Å². The second kappa shape index (κ2) is 7.84. The molecule has 1 aliphatic heterocycles. The van der Waals surface area contributed by atoms with Gasteiger partial charge in [-0.3, -0.25) is 0 Å². The fraction of sp³-hybridized carbons (Fsp3) is 0.500. The summed E-state index contributed by atoms with van der Waals surface area (Å²) in [5.41, 5.74) is 3.05. The molecule has 27 heavy (non-hydrogen) atoms. The number of para-hydroxylation sites is 1. The van der Waals surface area contributed by atoms with Crippen LogP contribution in [0.15, 0.2) is 30.3 Å². The van der Waals surface area contributed by atoms with E-state index in [0.29, 0.717) is 24.8 Å². The Bertz CT molecular complexity index is 912. The average molecular weight is 389 g/mol. The highest BCUT2D eigenvalue weighted by atomic mass is 32.2. The number of hydrogen-bond donors (Lipinski definition) is 1. The van der Waals surface area contributed by atoms with Crippen molar-refractivity contribution in [2.24, 2.45) is 0 Å². The standard InChI is InChI=1S/C20H28N4O2S/c1-5-24(16-10-11-27(25,26)13-16)19-12-15(4)21-20(23-19)22-18-9-7-6-8-17(18)14(2)3/h6-9,12,14,16H,5,10-11,13H2,1-4H3,(H,21,22,23). The molecule has 1 saturated heterocycles. The van der Waals surface area contributed by atoms with E-state index in [-0.39, 0.29) is 17.5 Å². The Morgan fingerprint density at radius 2 is 2.00 bits per heavy atom. The van der Waals surface area contributed by atoms with Crippen molar-refractivity contribution in [3.8, 4) is 0 Å². The van der Waals surface area contributed by atoms with Gasteiger partial charge in [-0.2, -0.15) is 4.98 Å². The Morgan fingerprint density at radius 1 is 1.26 bits per heavy atom. The minimum absolute atomic E-state index is 0.0231. The topological polar surface area (TPSA) is 75.2 Å². The first kappa shape index (κ1) is 19.6. The molecule has 0 radical (unpaired) electrons. The summed E-state index contributed by atoms with van der Waals surface area (Å²) in [6.07, 6.45) is 0.651. The van der Waals surface area contributed by atoms with Gasteiger partial charge >= 0.3 is 0 Å². The Hall–Kier alpha value is -2.15. The minimum Gasteiger partial charge on any atom is -0.353 e. The molecule has 0 spiro atoms. The third-order valence-corrected chi connectivity index (χ3v) is 6.70. The molecule has 1 aliphatic rings. The van der Waals surface area contributed by atoms with Crippen molar-refractivity contribution in [1.82, 2.24) is 9.97 Å². The van der Waals surface area contributed by atoms with Crippen molar-refractivity contribution in [2.45, 2.75) is 46.1 Å². The highest BCUT2D eigenvalue weighted by Crippen LogP contribution is 2.28. The van der Waals surface area contributed by atoms with Gasteiger partial charge in [0.05, 0.1) is 11.5 Å². The zero-order chi connectivity index (χ0) is 19.6. The van der Waals surface area contributed by atoms with Gasteiger partial charge in [0.2, 0.25) is 5.95 Å². The molecule has 0 saturated carbocycles. The van der Waals surface area contributed by atoms with E-state index in [2.05, 4.69) is 35.1 Å². The van der Waals surface area contributed by atoms with Crippen LogP contribution in [0.2, 0.25) is 0 Å². The number of hydrogen-bond acceptors (Lipinski definition) is 6. The van der Waals surface area contributed by atoms with Gasteiger partial charge in [0, 0.05) is 30.0 Å². The van der Waals surface area contributed by atoms with E-state index >= 15 is 0 Å².